The topological polar surface area (TPSA) is 69.4 Å². The Labute approximate surface area is 113 Å². The summed E-state index contributed by atoms with van der Waals surface area (Å²) in [6, 6.07) is 4.64. The highest BCUT2D eigenvalue weighted by Crippen LogP contribution is 2.19. The van der Waals surface area contributed by atoms with Gasteiger partial charge in [0.15, 0.2) is 21.4 Å². The van der Waals surface area contributed by atoms with Crippen molar-refractivity contribution < 1.29 is 17.5 Å². The zero-order chi connectivity index (χ0) is 14.5. The van der Waals surface area contributed by atoms with Crippen molar-refractivity contribution >= 4 is 9.84 Å². The molecule has 1 unspecified atom stereocenters. The Morgan fingerprint density at radius 2 is 2.11 bits per heavy atom. The molecule has 1 aromatic rings. The Bertz CT molecular complexity index is 517. The Kier molecular flexibility index (Phi) is 5.75. The molecule has 0 amide bonds. The number of nitrogens with two attached hydrogens (primary N) is 1. The predicted molar refractivity (Wildman–Crippen MR) is 73.6 cm³/mol. The molecule has 0 aliphatic rings. The molecule has 19 heavy (non-hydrogen) atoms. The molecule has 0 aliphatic heterocycles. The van der Waals surface area contributed by atoms with Gasteiger partial charge in [-0.1, -0.05) is 13.0 Å². The van der Waals surface area contributed by atoms with Gasteiger partial charge in [0.25, 0.3) is 0 Å². The number of benzene rings is 1. The van der Waals surface area contributed by atoms with E-state index in [0.717, 1.165) is 18.2 Å². The number of hydrogen-bond acceptors (Lipinski definition) is 4. The number of hydrogen-bond donors (Lipinski definition) is 1. The van der Waals surface area contributed by atoms with E-state index in [1.807, 2.05) is 6.92 Å². The molecule has 0 fully saturated rings. The predicted octanol–water partition coefficient (Wildman–Crippen LogP) is 1.53. The van der Waals surface area contributed by atoms with Gasteiger partial charge in [0.1, 0.15) is 6.61 Å². The van der Waals surface area contributed by atoms with E-state index in [2.05, 4.69) is 0 Å². The van der Waals surface area contributed by atoms with Crippen LogP contribution in [-0.4, -0.2) is 33.1 Å². The summed E-state index contributed by atoms with van der Waals surface area (Å²) >= 11 is 0. The summed E-state index contributed by atoms with van der Waals surface area (Å²) in [7, 11) is -3.10. The highest BCUT2D eigenvalue weighted by molar-refractivity contribution is 7.90. The van der Waals surface area contributed by atoms with Crippen LogP contribution in [0.1, 0.15) is 18.9 Å². The molecule has 4 nitrogen and oxygen atoms in total. The maximum absolute atomic E-state index is 13.7. The van der Waals surface area contributed by atoms with Crippen LogP contribution in [0, 0.1) is 5.82 Å². The molecule has 0 aromatic heterocycles. The van der Waals surface area contributed by atoms with Gasteiger partial charge in [-0.25, -0.2) is 12.8 Å². The van der Waals surface area contributed by atoms with E-state index < -0.39 is 15.7 Å². The zero-order valence-electron chi connectivity index (χ0n) is 11.2. The standard InChI is InChI=1S/C13H20FNO3S/c1-3-11(15)8-10-4-5-13(12(14)9-10)18-6-7-19(2,16)17/h4-5,9,11H,3,6-8,15H2,1-2H3. The van der Waals surface area contributed by atoms with Crippen LogP contribution < -0.4 is 10.5 Å². The third-order valence-corrected chi connectivity index (χ3v) is 3.64. The summed E-state index contributed by atoms with van der Waals surface area (Å²) in [5.41, 5.74) is 6.61. The fourth-order valence-corrected chi connectivity index (χ4v) is 1.92. The third kappa shape index (κ3) is 6.02. The fourth-order valence-electron chi connectivity index (χ4n) is 1.54. The fraction of sp³-hybridized carbons (Fsp3) is 0.538. The maximum Gasteiger partial charge on any atom is 0.165 e. The zero-order valence-corrected chi connectivity index (χ0v) is 12.0. The first-order valence-corrected chi connectivity index (χ1v) is 8.22. The highest BCUT2D eigenvalue weighted by atomic mass is 32.2. The van der Waals surface area contributed by atoms with Gasteiger partial charge in [-0.2, -0.15) is 0 Å². The first kappa shape index (κ1) is 15.9. The Morgan fingerprint density at radius 1 is 1.42 bits per heavy atom. The lowest BCUT2D eigenvalue weighted by Gasteiger charge is -2.11. The second-order valence-corrected chi connectivity index (χ2v) is 6.88. The number of halogens is 1. The molecular formula is C13H20FNO3S. The van der Waals surface area contributed by atoms with Gasteiger partial charge in [0.2, 0.25) is 0 Å². The van der Waals surface area contributed by atoms with E-state index in [1.54, 1.807) is 6.07 Å². The SMILES string of the molecule is CCC(N)Cc1ccc(OCCS(C)(=O)=O)c(F)c1. The van der Waals surface area contributed by atoms with Crippen molar-refractivity contribution in [3.05, 3.63) is 29.6 Å². The molecule has 0 bridgehead atoms. The summed E-state index contributed by atoms with van der Waals surface area (Å²) < 4.78 is 40.7. The second-order valence-electron chi connectivity index (χ2n) is 4.62. The normalized spacial score (nSPS) is 13.3. The largest absolute Gasteiger partial charge is 0.489 e. The van der Waals surface area contributed by atoms with Crippen LogP contribution in [0.5, 0.6) is 5.75 Å². The molecule has 1 aromatic carbocycles. The minimum atomic E-state index is -3.10. The van der Waals surface area contributed by atoms with Crippen LogP contribution in [0.25, 0.3) is 0 Å². The number of sulfone groups is 1. The van der Waals surface area contributed by atoms with Crippen LogP contribution in [-0.2, 0) is 16.3 Å². The minimum absolute atomic E-state index is 0.0106. The van der Waals surface area contributed by atoms with E-state index in [9.17, 15) is 12.8 Å². The van der Waals surface area contributed by atoms with Crippen LogP contribution >= 0.6 is 0 Å². The summed E-state index contributed by atoms with van der Waals surface area (Å²) in [5.74, 6) is -0.554. The lowest BCUT2D eigenvalue weighted by Crippen LogP contribution is -2.21. The molecular weight excluding hydrogens is 269 g/mol. The lowest BCUT2D eigenvalue weighted by atomic mass is 10.0. The third-order valence-electron chi connectivity index (χ3n) is 2.73. The minimum Gasteiger partial charge on any atom is -0.489 e. The molecule has 0 saturated carbocycles. The average molecular weight is 289 g/mol. The Balaban J connectivity index is 2.62. The molecule has 0 saturated heterocycles. The average Bonchev–Trinajstić information content (AvgIpc) is 2.30. The van der Waals surface area contributed by atoms with Crippen molar-refractivity contribution in [2.75, 3.05) is 18.6 Å². The molecule has 0 spiro atoms. The van der Waals surface area contributed by atoms with E-state index in [1.165, 1.54) is 12.1 Å². The molecule has 108 valence electrons. The van der Waals surface area contributed by atoms with Gasteiger partial charge in [-0.3, -0.25) is 0 Å². The van der Waals surface area contributed by atoms with Crippen LogP contribution in [0.15, 0.2) is 18.2 Å². The van der Waals surface area contributed by atoms with Gasteiger partial charge in [0.05, 0.1) is 5.75 Å². The van der Waals surface area contributed by atoms with E-state index in [4.69, 9.17) is 10.5 Å². The summed E-state index contributed by atoms with van der Waals surface area (Å²) in [6.45, 7) is 1.92. The Hall–Kier alpha value is -1.14. The molecule has 2 N–H and O–H groups in total. The van der Waals surface area contributed by atoms with Crippen LogP contribution in [0.2, 0.25) is 0 Å². The Morgan fingerprint density at radius 3 is 2.63 bits per heavy atom. The van der Waals surface area contributed by atoms with Crippen molar-refractivity contribution in [1.29, 1.82) is 0 Å². The molecule has 1 rings (SSSR count). The van der Waals surface area contributed by atoms with Crippen molar-refractivity contribution in [3.63, 3.8) is 0 Å². The summed E-state index contributed by atoms with van der Waals surface area (Å²) in [6.07, 6.45) is 2.55. The second kappa shape index (κ2) is 6.86. The van der Waals surface area contributed by atoms with Crippen molar-refractivity contribution in [3.8, 4) is 5.75 Å². The summed E-state index contributed by atoms with van der Waals surface area (Å²) in [4.78, 5) is 0. The van der Waals surface area contributed by atoms with Crippen LogP contribution in [0.3, 0.4) is 0 Å². The van der Waals surface area contributed by atoms with Crippen molar-refractivity contribution in [2.24, 2.45) is 5.73 Å². The van der Waals surface area contributed by atoms with Gasteiger partial charge < -0.3 is 10.5 Å². The number of rotatable bonds is 7. The smallest absolute Gasteiger partial charge is 0.165 e. The van der Waals surface area contributed by atoms with Crippen molar-refractivity contribution in [1.82, 2.24) is 0 Å². The highest BCUT2D eigenvalue weighted by Gasteiger charge is 2.09. The molecule has 1 atom stereocenters. The monoisotopic (exact) mass is 289 g/mol. The summed E-state index contributed by atoms with van der Waals surface area (Å²) in [5, 5.41) is 0. The maximum atomic E-state index is 13.7. The van der Waals surface area contributed by atoms with Crippen molar-refractivity contribution in [2.45, 2.75) is 25.8 Å². The molecule has 0 aliphatic carbocycles. The molecule has 0 radical (unpaired) electrons. The van der Waals surface area contributed by atoms with E-state index >= 15 is 0 Å². The van der Waals surface area contributed by atoms with Gasteiger partial charge in [0, 0.05) is 12.3 Å². The van der Waals surface area contributed by atoms with E-state index in [0.29, 0.717) is 6.42 Å². The quantitative estimate of drug-likeness (QED) is 0.826. The van der Waals surface area contributed by atoms with E-state index in [-0.39, 0.29) is 24.2 Å². The van der Waals surface area contributed by atoms with Gasteiger partial charge in [-0.05, 0) is 30.5 Å². The van der Waals surface area contributed by atoms with Gasteiger partial charge in [-0.15, -0.1) is 0 Å². The first-order valence-electron chi connectivity index (χ1n) is 6.16. The first-order chi connectivity index (χ1) is 8.81. The lowest BCUT2D eigenvalue weighted by molar-refractivity contribution is 0.322. The molecule has 6 heteroatoms. The number of ether oxygens (including phenoxy) is 1. The van der Waals surface area contributed by atoms with Crippen LogP contribution in [0.4, 0.5) is 4.39 Å². The van der Waals surface area contributed by atoms with Gasteiger partial charge >= 0.3 is 0 Å². The molecule has 0 heterocycles.